The van der Waals surface area contributed by atoms with Crippen LogP contribution < -0.4 is 0 Å². The minimum Gasteiger partial charge on any atom is -0.463 e. The molecule has 8 aliphatic heterocycles. The third-order valence-corrected chi connectivity index (χ3v) is 25.2. The number of carbonyl (C=O) groups excluding carboxylic acids is 24. The van der Waals surface area contributed by atoms with Crippen molar-refractivity contribution in [1.82, 2.24) is 39.2 Å². The Morgan fingerprint density at radius 3 is 0.687 bits per heavy atom. The zero-order chi connectivity index (χ0) is 114. The number of hydrogen-bond acceptors (Lipinski definition) is 32. The zero-order valence-electron chi connectivity index (χ0n) is 90.0. The zero-order valence-corrected chi connectivity index (χ0v) is 90.0. The summed E-state index contributed by atoms with van der Waals surface area (Å²) >= 11 is 0. The highest BCUT2D eigenvalue weighted by molar-refractivity contribution is 6.24. The maximum atomic E-state index is 12.1. The fourth-order valence-corrected chi connectivity index (χ4v) is 15.0. The second-order valence-corrected chi connectivity index (χ2v) is 36.5. The third-order valence-electron chi connectivity index (χ3n) is 25.2. The van der Waals surface area contributed by atoms with Gasteiger partial charge in [-0.1, -0.05) is 65.5 Å². The molecule has 816 valence electrons. The smallest absolute Gasteiger partial charge is 0.333 e. The maximum Gasteiger partial charge on any atom is 0.333 e. The summed E-state index contributed by atoms with van der Waals surface area (Å²) in [6, 6.07) is -0.0859. The molecule has 0 aromatic rings. The molecule has 0 spiro atoms. The van der Waals surface area contributed by atoms with Gasteiger partial charge in [-0.3, -0.25) is 116 Å². The van der Waals surface area contributed by atoms with Crippen molar-refractivity contribution < 1.29 is 153 Å². The first kappa shape index (κ1) is 129. The molecule has 0 aromatic carbocycles. The summed E-state index contributed by atoms with van der Waals surface area (Å²) in [5, 5.41) is 0. The van der Waals surface area contributed by atoms with E-state index in [4.69, 9.17) is 37.9 Å². The average molecular weight is 2090 g/mol. The van der Waals surface area contributed by atoms with Gasteiger partial charge in [0, 0.05) is 174 Å². The summed E-state index contributed by atoms with van der Waals surface area (Å²) in [4.78, 5) is 287. The monoisotopic (exact) mass is 2090 g/mol. The highest BCUT2D eigenvalue weighted by Crippen LogP contribution is 2.35. The van der Waals surface area contributed by atoms with E-state index in [-0.39, 0.29) is 183 Å². The second-order valence-electron chi connectivity index (χ2n) is 36.5. The molecule has 0 atom stereocenters. The number of hydrogen-bond donors (Lipinski definition) is 0. The van der Waals surface area contributed by atoms with Crippen molar-refractivity contribution in [3.05, 3.63) is 188 Å². The van der Waals surface area contributed by atoms with Gasteiger partial charge >= 0.3 is 47.8 Å². The molecule has 16 amide bonds. The van der Waals surface area contributed by atoms with Crippen LogP contribution in [0, 0.1) is 0 Å². The first-order valence-electron chi connectivity index (χ1n) is 49.3. The first-order chi connectivity index (χ1) is 70.4. The van der Waals surface area contributed by atoms with Crippen LogP contribution in [0.25, 0.3) is 0 Å². The van der Waals surface area contributed by atoms with Gasteiger partial charge in [-0.15, -0.1) is 0 Å². The van der Waals surface area contributed by atoms with Crippen LogP contribution in [-0.2, 0) is 153 Å². The summed E-state index contributed by atoms with van der Waals surface area (Å²) in [5.41, 5.74) is 10.1. The van der Waals surface area contributed by atoms with Crippen molar-refractivity contribution >= 4 is 142 Å². The molecule has 8 heterocycles. The Morgan fingerprint density at radius 1 is 0.240 bits per heavy atom. The lowest BCUT2D eigenvalue weighted by Gasteiger charge is -2.33. The number of unbranched alkanes of at least 4 members (excludes halogenated alkanes) is 6. The molecule has 0 aromatic heterocycles. The topological polar surface area (TPSA) is 509 Å². The highest BCUT2D eigenvalue weighted by atomic mass is 16.6. The molecule has 10 aliphatic rings. The van der Waals surface area contributed by atoms with E-state index in [1.54, 1.807) is 125 Å². The molecule has 0 N–H and O–H groups in total. The van der Waals surface area contributed by atoms with Gasteiger partial charge in [0.05, 0.1) is 46.1 Å². The summed E-state index contributed by atoms with van der Waals surface area (Å²) in [6.07, 6.45) is 17.1. The Hall–Kier alpha value is -15.3. The van der Waals surface area contributed by atoms with Crippen molar-refractivity contribution in [2.24, 2.45) is 0 Å². The van der Waals surface area contributed by atoms with E-state index in [1.165, 1.54) is 36.3 Å². The van der Waals surface area contributed by atoms with Gasteiger partial charge < -0.3 is 37.9 Å². The summed E-state index contributed by atoms with van der Waals surface area (Å²) in [6.45, 7) is 61.4. The van der Waals surface area contributed by atoms with E-state index in [0.29, 0.717) is 202 Å². The largest absolute Gasteiger partial charge is 0.463 e. The molecule has 1 fully saturated rings. The molecule has 10 rings (SSSR count). The van der Waals surface area contributed by atoms with Crippen molar-refractivity contribution in [3.8, 4) is 0 Å². The van der Waals surface area contributed by atoms with Gasteiger partial charge in [-0.05, 0) is 241 Å². The van der Waals surface area contributed by atoms with Crippen molar-refractivity contribution in [2.75, 3.05) is 92.1 Å². The molecule has 0 unspecified atom stereocenters. The Kier molecular flexibility index (Phi) is 53.9. The van der Waals surface area contributed by atoms with Crippen LogP contribution >= 0.6 is 0 Å². The molecule has 40 heteroatoms. The summed E-state index contributed by atoms with van der Waals surface area (Å²) in [7, 11) is 0. The molecule has 0 radical (unpaired) electrons. The standard InChI is InChI=1S/C16H21NO4.C16H23NO4.C15H19NO4.C15H21NO4.C13H17NO4.2C12H15NO4.C11H13NO4/c1-9(2)16(20)21-13-7-5-12(6-8-13)17-14(18)10(3)11(4)15(17)19;1-11(2)16(20)21-10-8-6-5-7-9-17-14(18)12(3)13(4)15(17)19;1-10(2)15(19)20-9-5-8-16-13(17)11-6-3-4-7-12(11)14(16)18;1-4-13(17)20-10-8-6-5-7-9-16-14(18)11(2)12(3)15(16)19;1-8(2)13(17)18-7-5-6-14-11(15)9(3)10(4)12(14)16;1-7(2)12(16)17-6-5-13-10(14)8(3)9(4)11(13)15;1-4-10(14)17-7-5-6-13-11(15)8(2)9(3)12(13)16;1-4-9(13)16-6-5-12-10(14)7(2)8(3)11(12)15/h12-13H,1,5-8H2,2-4H3;1,5-10H2,2-4H3;1,3-9H2,2H3;4H,1,5-10H2,2-3H3;1,5-7H2,2-4H3;1,5-6H2,2-4H3;4H,1,5-7H2,2-3H3;4H,1,5-6H2,2-3H3. The molecular weight excluding hydrogens is 1950 g/mol. The van der Waals surface area contributed by atoms with Crippen LogP contribution in [0.5, 0.6) is 0 Å². The summed E-state index contributed by atoms with van der Waals surface area (Å²) < 4.78 is 39.3. The van der Waals surface area contributed by atoms with Crippen LogP contribution in [0.2, 0.25) is 0 Å². The predicted octanol–water partition coefficient (Wildman–Crippen LogP) is 11.5. The molecule has 0 bridgehead atoms. The molecular formula is C110H144N8O32. The van der Waals surface area contributed by atoms with E-state index in [1.807, 2.05) is 0 Å². The molecule has 2 aliphatic carbocycles. The van der Waals surface area contributed by atoms with Gasteiger partial charge in [-0.2, -0.15) is 0 Å². The van der Waals surface area contributed by atoms with E-state index in [0.717, 1.165) is 92.2 Å². The Labute approximate surface area is 875 Å². The first-order valence-corrected chi connectivity index (χ1v) is 49.3. The lowest BCUT2D eigenvalue weighted by atomic mass is 9.91. The minimum atomic E-state index is -0.569. The number of carbonyl (C=O) groups is 24. The minimum absolute atomic E-state index is 0.0102. The van der Waals surface area contributed by atoms with Gasteiger partial charge in [0.15, 0.2) is 0 Å². The molecule has 1 saturated carbocycles. The highest BCUT2D eigenvalue weighted by Gasteiger charge is 2.44. The van der Waals surface area contributed by atoms with Crippen molar-refractivity contribution in [1.29, 1.82) is 0 Å². The number of imide groups is 8. The van der Waals surface area contributed by atoms with Gasteiger partial charge in [0.2, 0.25) is 0 Å². The number of ether oxygens (including phenoxy) is 8. The average Bonchev–Trinajstić information content (AvgIpc) is 1.63. The SMILES string of the molecule is C=C(C)C(=O)OC1CCC(N2C(=O)C(C)=C(C)C2=O)CC1.C=C(C)C(=O)OCCCCCCN1C(=O)C(C)=C(C)C1=O.C=C(C)C(=O)OCCCN1C(=O)C(C)=C(C)C1=O.C=C(C)C(=O)OCCCN1C(=O)C2=C(CCCC2)C1=O.C=C(C)C(=O)OCCN1C(=O)C(C)=C(C)C1=O.C=CC(=O)OCCCCCCN1C(=O)C(C)=C(C)C1=O.C=CC(=O)OCCCN1C(=O)C(C)=C(C)C1=O.C=CC(=O)OCCN1C(=O)C(C)=C(C)C1=O. The van der Waals surface area contributed by atoms with E-state index < -0.39 is 35.8 Å². The Bertz CT molecular complexity index is 5520. The van der Waals surface area contributed by atoms with E-state index in [9.17, 15) is 115 Å². The molecule has 0 saturated heterocycles. The Morgan fingerprint density at radius 2 is 0.433 bits per heavy atom. The van der Waals surface area contributed by atoms with E-state index in [2.05, 4.69) is 52.6 Å². The van der Waals surface area contributed by atoms with Crippen molar-refractivity contribution in [2.45, 2.75) is 266 Å². The number of rotatable bonds is 42. The van der Waals surface area contributed by atoms with Crippen LogP contribution in [0.15, 0.2) is 188 Å². The van der Waals surface area contributed by atoms with E-state index >= 15 is 0 Å². The fraction of sp³-hybridized carbons (Fsp3) is 0.491. The number of amides is 16. The van der Waals surface area contributed by atoms with Gasteiger partial charge in [0.25, 0.3) is 94.5 Å². The van der Waals surface area contributed by atoms with Crippen LogP contribution in [0.1, 0.15) is 254 Å². The lowest BCUT2D eigenvalue weighted by molar-refractivity contribution is -0.149. The van der Waals surface area contributed by atoms with Crippen LogP contribution in [0.4, 0.5) is 0 Å². The lowest BCUT2D eigenvalue weighted by Crippen LogP contribution is -2.44. The normalized spacial score (nSPS) is 17.3. The number of nitrogens with zero attached hydrogens (tertiary/aromatic N) is 8. The Balaban J connectivity index is 0.000000441. The second kappa shape index (κ2) is 62.8. The third kappa shape index (κ3) is 37.2. The number of esters is 8. The summed E-state index contributed by atoms with van der Waals surface area (Å²) in [5.74, 6) is -7.34. The molecule has 150 heavy (non-hydrogen) atoms. The van der Waals surface area contributed by atoms with Crippen LogP contribution in [-0.4, -0.2) is 286 Å². The quantitative estimate of drug-likeness (QED) is 0.0180. The van der Waals surface area contributed by atoms with Gasteiger partial charge in [-0.25, -0.2) is 38.4 Å². The fourth-order valence-electron chi connectivity index (χ4n) is 15.0. The molecule has 40 nitrogen and oxygen atoms in total. The van der Waals surface area contributed by atoms with Crippen molar-refractivity contribution in [3.63, 3.8) is 0 Å². The van der Waals surface area contributed by atoms with Crippen LogP contribution in [0.3, 0.4) is 0 Å². The predicted molar refractivity (Wildman–Crippen MR) is 547 cm³/mol. The maximum absolute atomic E-state index is 12.1. The van der Waals surface area contributed by atoms with Gasteiger partial charge in [0.1, 0.15) is 19.3 Å².